The van der Waals surface area contributed by atoms with Crippen LogP contribution in [-0.4, -0.2) is 12.5 Å². The van der Waals surface area contributed by atoms with Crippen LogP contribution in [0.15, 0.2) is 29.6 Å². The Morgan fingerprint density at radius 3 is 2.64 bits per heavy atom. The number of carbonyl (C=O) groups excluding carboxylic acids is 1. The van der Waals surface area contributed by atoms with Crippen LogP contribution in [0.4, 0.5) is 5.69 Å². The summed E-state index contributed by atoms with van der Waals surface area (Å²) < 4.78 is 5.44. The van der Waals surface area contributed by atoms with Crippen LogP contribution in [0.2, 0.25) is 0 Å². The van der Waals surface area contributed by atoms with E-state index in [0.29, 0.717) is 17.9 Å². The van der Waals surface area contributed by atoms with E-state index < -0.39 is 0 Å². The number of nitrogens with one attached hydrogen (secondary N) is 1. The van der Waals surface area contributed by atoms with Gasteiger partial charge in [0.15, 0.2) is 0 Å². The summed E-state index contributed by atoms with van der Waals surface area (Å²) >= 11 is 1.74. The van der Waals surface area contributed by atoms with E-state index in [4.69, 9.17) is 4.74 Å². The fourth-order valence-corrected chi connectivity index (χ4v) is 4.60. The van der Waals surface area contributed by atoms with Crippen LogP contribution in [0.3, 0.4) is 0 Å². The zero-order chi connectivity index (χ0) is 18.0. The highest BCUT2D eigenvalue weighted by Crippen LogP contribution is 2.40. The molecule has 0 saturated carbocycles. The quantitative estimate of drug-likeness (QED) is 0.779. The number of anilines is 1. The Balaban J connectivity index is 1.71. The third-order valence-electron chi connectivity index (χ3n) is 5.05. The van der Waals surface area contributed by atoms with Crippen LogP contribution < -0.4 is 10.1 Å². The van der Waals surface area contributed by atoms with Crippen molar-refractivity contribution in [3.63, 3.8) is 0 Å². The van der Waals surface area contributed by atoms with Gasteiger partial charge in [0.25, 0.3) is 5.91 Å². The van der Waals surface area contributed by atoms with Gasteiger partial charge >= 0.3 is 0 Å². The Morgan fingerprint density at radius 1 is 1.28 bits per heavy atom. The lowest BCUT2D eigenvalue weighted by molar-refractivity contribution is 0.102. The average Bonchev–Trinajstić information content (AvgIpc) is 2.99. The van der Waals surface area contributed by atoms with Gasteiger partial charge in [-0.15, -0.1) is 11.3 Å². The van der Waals surface area contributed by atoms with Gasteiger partial charge in [-0.1, -0.05) is 20.8 Å². The molecule has 4 heteroatoms. The number of hydrogen-bond acceptors (Lipinski definition) is 3. The van der Waals surface area contributed by atoms with Crippen molar-refractivity contribution in [2.24, 2.45) is 11.3 Å². The van der Waals surface area contributed by atoms with Gasteiger partial charge in [-0.05, 0) is 67.3 Å². The highest BCUT2D eigenvalue weighted by Gasteiger charge is 2.31. The maximum atomic E-state index is 12.7. The summed E-state index contributed by atoms with van der Waals surface area (Å²) in [6.45, 7) is 9.54. The maximum Gasteiger partial charge on any atom is 0.256 e. The predicted molar refractivity (Wildman–Crippen MR) is 105 cm³/mol. The van der Waals surface area contributed by atoms with E-state index in [1.54, 1.807) is 11.3 Å². The Morgan fingerprint density at radius 2 is 2.00 bits per heavy atom. The van der Waals surface area contributed by atoms with E-state index in [2.05, 4.69) is 26.1 Å². The van der Waals surface area contributed by atoms with E-state index in [1.807, 2.05) is 36.6 Å². The van der Waals surface area contributed by atoms with Crippen LogP contribution in [0.5, 0.6) is 5.75 Å². The van der Waals surface area contributed by atoms with Crippen LogP contribution in [0.1, 0.15) is 54.9 Å². The van der Waals surface area contributed by atoms with E-state index in [0.717, 1.165) is 36.3 Å². The first-order valence-corrected chi connectivity index (χ1v) is 9.90. The Labute approximate surface area is 154 Å². The van der Waals surface area contributed by atoms with Crippen molar-refractivity contribution in [1.82, 2.24) is 0 Å². The molecule has 0 bridgehead atoms. The minimum absolute atomic E-state index is 0.00383. The minimum atomic E-state index is -0.00383. The number of thiophene rings is 1. The SMILES string of the molecule is CCOc1ccc(NC(=O)c2csc3c2CCC(C(C)(C)C)C3)cc1. The number of rotatable bonds is 4. The van der Waals surface area contributed by atoms with Crippen LogP contribution in [-0.2, 0) is 12.8 Å². The first kappa shape index (κ1) is 18.0. The molecule has 0 spiro atoms. The maximum absolute atomic E-state index is 12.7. The molecule has 2 aromatic rings. The van der Waals surface area contributed by atoms with Gasteiger partial charge in [-0.3, -0.25) is 4.79 Å². The van der Waals surface area contributed by atoms with Gasteiger partial charge in [0.05, 0.1) is 12.2 Å². The minimum Gasteiger partial charge on any atom is -0.494 e. The van der Waals surface area contributed by atoms with Crippen molar-refractivity contribution in [3.05, 3.63) is 45.6 Å². The highest BCUT2D eigenvalue weighted by atomic mass is 32.1. The zero-order valence-electron chi connectivity index (χ0n) is 15.5. The molecule has 1 N–H and O–H groups in total. The van der Waals surface area contributed by atoms with Gasteiger partial charge in [-0.2, -0.15) is 0 Å². The fourth-order valence-electron chi connectivity index (χ4n) is 3.44. The van der Waals surface area contributed by atoms with Crippen molar-refractivity contribution >= 4 is 22.9 Å². The molecule has 3 nitrogen and oxygen atoms in total. The van der Waals surface area contributed by atoms with Crippen molar-refractivity contribution in [3.8, 4) is 5.75 Å². The van der Waals surface area contributed by atoms with Gasteiger partial charge < -0.3 is 10.1 Å². The fraction of sp³-hybridized carbons (Fsp3) is 0.476. The van der Waals surface area contributed by atoms with Gasteiger partial charge in [0.1, 0.15) is 5.75 Å². The molecule has 0 radical (unpaired) electrons. The topological polar surface area (TPSA) is 38.3 Å². The number of fused-ring (bicyclic) bond motifs is 1. The summed E-state index contributed by atoms with van der Waals surface area (Å²) in [6, 6.07) is 7.54. The molecule has 3 rings (SSSR count). The zero-order valence-corrected chi connectivity index (χ0v) is 16.3. The first-order valence-electron chi connectivity index (χ1n) is 9.02. The molecular formula is C21H27NO2S. The number of benzene rings is 1. The molecule has 1 aromatic heterocycles. The largest absolute Gasteiger partial charge is 0.494 e. The van der Waals surface area contributed by atoms with Crippen molar-refractivity contribution in [2.75, 3.05) is 11.9 Å². The molecule has 0 fully saturated rings. The third-order valence-corrected chi connectivity index (χ3v) is 6.10. The molecule has 0 saturated heterocycles. The molecule has 1 heterocycles. The van der Waals surface area contributed by atoms with E-state index in [-0.39, 0.29) is 5.91 Å². The molecule has 1 atom stereocenters. The van der Waals surface area contributed by atoms with Gasteiger partial charge in [-0.25, -0.2) is 0 Å². The monoisotopic (exact) mass is 357 g/mol. The van der Waals surface area contributed by atoms with Crippen molar-refractivity contribution < 1.29 is 9.53 Å². The molecule has 0 aliphatic heterocycles. The summed E-state index contributed by atoms with van der Waals surface area (Å²) in [5, 5.41) is 5.04. The van der Waals surface area contributed by atoms with Gasteiger partial charge in [0, 0.05) is 15.9 Å². The number of ether oxygens (including phenoxy) is 1. The number of amides is 1. The van der Waals surface area contributed by atoms with Gasteiger partial charge in [0.2, 0.25) is 0 Å². The summed E-state index contributed by atoms with van der Waals surface area (Å²) in [5.74, 6) is 1.51. The standard InChI is InChI=1S/C21H27NO2S/c1-5-24-16-9-7-15(8-10-16)22-20(23)18-13-25-19-12-14(21(2,3)4)6-11-17(18)19/h7-10,13-14H,5-6,11-12H2,1-4H3,(H,22,23). The van der Waals surface area contributed by atoms with Crippen molar-refractivity contribution in [1.29, 1.82) is 0 Å². The first-order chi connectivity index (χ1) is 11.9. The van der Waals surface area contributed by atoms with Crippen LogP contribution >= 0.6 is 11.3 Å². The van der Waals surface area contributed by atoms with Crippen LogP contribution in [0.25, 0.3) is 0 Å². The number of hydrogen-bond donors (Lipinski definition) is 1. The molecule has 25 heavy (non-hydrogen) atoms. The van der Waals surface area contributed by atoms with Crippen molar-refractivity contribution in [2.45, 2.75) is 47.0 Å². The summed E-state index contributed by atoms with van der Waals surface area (Å²) in [5.41, 5.74) is 3.24. The second-order valence-corrected chi connectivity index (χ2v) is 8.73. The predicted octanol–water partition coefficient (Wildman–Crippen LogP) is 5.55. The molecule has 134 valence electrons. The van der Waals surface area contributed by atoms with E-state index >= 15 is 0 Å². The Bertz CT molecular complexity index is 740. The Kier molecular flexibility index (Phi) is 5.19. The highest BCUT2D eigenvalue weighted by molar-refractivity contribution is 7.10. The lowest BCUT2D eigenvalue weighted by atomic mass is 9.72. The molecular weight excluding hydrogens is 330 g/mol. The lowest BCUT2D eigenvalue weighted by Crippen LogP contribution is -2.27. The molecule has 1 aliphatic rings. The molecule has 1 aromatic carbocycles. The molecule has 1 amide bonds. The second kappa shape index (κ2) is 7.20. The summed E-state index contributed by atoms with van der Waals surface area (Å²) in [6.07, 6.45) is 3.27. The average molecular weight is 358 g/mol. The Hall–Kier alpha value is -1.81. The second-order valence-electron chi connectivity index (χ2n) is 7.77. The molecule has 1 aliphatic carbocycles. The van der Waals surface area contributed by atoms with E-state index in [9.17, 15) is 4.79 Å². The lowest BCUT2D eigenvalue weighted by Gasteiger charge is -2.34. The van der Waals surface area contributed by atoms with Crippen LogP contribution in [0, 0.1) is 11.3 Å². The molecule has 1 unspecified atom stereocenters. The normalized spacial score (nSPS) is 17.0. The smallest absolute Gasteiger partial charge is 0.256 e. The van der Waals surface area contributed by atoms with E-state index in [1.165, 1.54) is 10.4 Å². The summed E-state index contributed by atoms with van der Waals surface area (Å²) in [4.78, 5) is 14.1. The number of carbonyl (C=O) groups is 1. The third kappa shape index (κ3) is 4.06. The summed E-state index contributed by atoms with van der Waals surface area (Å²) in [7, 11) is 0.